The van der Waals surface area contributed by atoms with Crippen molar-refractivity contribution in [1.82, 2.24) is 30.0 Å². The Kier molecular flexibility index (Phi) is 5.30. The Morgan fingerprint density at radius 2 is 1.81 bits per heavy atom. The molecule has 0 aromatic carbocycles. The summed E-state index contributed by atoms with van der Waals surface area (Å²) in [6, 6.07) is 9.71. The van der Waals surface area contributed by atoms with Crippen molar-refractivity contribution >= 4 is 16.7 Å². The van der Waals surface area contributed by atoms with Crippen molar-refractivity contribution in [3.63, 3.8) is 0 Å². The summed E-state index contributed by atoms with van der Waals surface area (Å²) in [5.74, 6) is -0.331. The second kappa shape index (κ2) is 8.27. The van der Waals surface area contributed by atoms with Gasteiger partial charge in [0, 0.05) is 30.9 Å². The fraction of sp³-hybridized carbons (Fsp3) is 0.333. The highest BCUT2D eigenvalue weighted by molar-refractivity contribution is 5.84. The van der Waals surface area contributed by atoms with E-state index < -0.39 is 0 Å². The van der Waals surface area contributed by atoms with Crippen molar-refractivity contribution in [2.45, 2.75) is 25.8 Å². The van der Waals surface area contributed by atoms with Crippen LogP contribution in [0.25, 0.3) is 33.7 Å². The molecule has 7 nitrogen and oxygen atoms in total. The molecule has 0 saturated carbocycles. The number of aromatic amines is 1. The summed E-state index contributed by atoms with van der Waals surface area (Å²) in [6.07, 6.45) is 6.02. The highest BCUT2D eigenvalue weighted by Gasteiger charge is 2.21. The third-order valence-corrected chi connectivity index (χ3v) is 6.26. The molecule has 32 heavy (non-hydrogen) atoms. The standard InChI is InChI=1S/C24H26FN7/c1-15-19(25)4-5-22(28-15)24-18(14-27-30-24)20-6-7-21-23(29-20)12-17(13-26-21)32-10-8-16(9-11-32)31(2)3/h4-7,12-14,16H,8-11H2,1-3H3,(H,27,30). The van der Waals surface area contributed by atoms with Crippen molar-refractivity contribution in [2.24, 2.45) is 0 Å². The molecule has 0 radical (unpaired) electrons. The van der Waals surface area contributed by atoms with Crippen LogP contribution in [0.5, 0.6) is 0 Å². The van der Waals surface area contributed by atoms with Crippen LogP contribution in [0.15, 0.2) is 42.7 Å². The Bertz CT molecular complexity index is 1260. The Morgan fingerprint density at radius 3 is 2.56 bits per heavy atom. The van der Waals surface area contributed by atoms with Crippen LogP contribution in [-0.4, -0.2) is 63.3 Å². The highest BCUT2D eigenvalue weighted by atomic mass is 19.1. The minimum Gasteiger partial charge on any atom is -0.370 e. The summed E-state index contributed by atoms with van der Waals surface area (Å²) in [7, 11) is 4.30. The summed E-state index contributed by atoms with van der Waals surface area (Å²) in [4.78, 5) is 18.6. The number of anilines is 1. The van der Waals surface area contributed by atoms with Crippen molar-refractivity contribution < 1.29 is 4.39 Å². The van der Waals surface area contributed by atoms with E-state index in [4.69, 9.17) is 4.98 Å². The molecule has 1 aliphatic rings. The number of fused-ring (bicyclic) bond motifs is 1. The molecule has 0 amide bonds. The van der Waals surface area contributed by atoms with E-state index in [0.29, 0.717) is 23.1 Å². The van der Waals surface area contributed by atoms with E-state index in [0.717, 1.165) is 53.9 Å². The number of aryl methyl sites for hydroxylation is 1. The van der Waals surface area contributed by atoms with Gasteiger partial charge in [0.15, 0.2) is 0 Å². The first-order valence-corrected chi connectivity index (χ1v) is 10.9. The number of hydrogen-bond acceptors (Lipinski definition) is 6. The van der Waals surface area contributed by atoms with Crippen LogP contribution in [0.4, 0.5) is 10.1 Å². The molecular formula is C24H26FN7. The molecule has 4 aromatic rings. The van der Waals surface area contributed by atoms with Gasteiger partial charge < -0.3 is 9.80 Å². The second-order valence-electron chi connectivity index (χ2n) is 8.52. The third kappa shape index (κ3) is 3.82. The fourth-order valence-corrected chi connectivity index (χ4v) is 4.32. The third-order valence-electron chi connectivity index (χ3n) is 6.26. The van der Waals surface area contributed by atoms with Crippen molar-refractivity contribution in [3.8, 4) is 22.6 Å². The van der Waals surface area contributed by atoms with Gasteiger partial charge in [-0.3, -0.25) is 10.1 Å². The molecular weight excluding hydrogens is 405 g/mol. The first kappa shape index (κ1) is 20.5. The zero-order chi connectivity index (χ0) is 22.2. The summed E-state index contributed by atoms with van der Waals surface area (Å²) in [5.41, 5.74) is 5.98. The molecule has 0 aliphatic carbocycles. The number of pyridine rings is 3. The molecule has 4 aromatic heterocycles. The zero-order valence-corrected chi connectivity index (χ0v) is 18.5. The molecule has 8 heteroatoms. The average molecular weight is 432 g/mol. The number of halogens is 1. The molecule has 0 atom stereocenters. The van der Waals surface area contributed by atoms with Crippen LogP contribution in [0.1, 0.15) is 18.5 Å². The molecule has 1 fully saturated rings. The van der Waals surface area contributed by atoms with Gasteiger partial charge >= 0.3 is 0 Å². The van der Waals surface area contributed by atoms with Crippen LogP contribution in [0, 0.1) is 12.7 Å². The monoisotopic (exact) mass is 431 g/mol. The van der Waals surface area contributed by atoms with E-state index >= 15 is 0 Å². The van der Waals surface area contributed by atoms with Crippen LogP contribution in [-0.2, 0) is 0 Å². The Balaban J connectivity index is 1.47. The lowest BCUT2D eigenvalue weighted by Crippen LogP contribution is -2.42. The van der Waals surface area contributed by atoms with Gasteiger partial charge in [-0.05, 0) is 64.2 Å². The van der Waals surface area contributed by atoms with E-state index in [1.807, 2.05) is 18.3 Å². The Morgan fingerprint density at radius 1 is 1.03 bits per heavy atom. The van der Waals surface area contributed by atoms with Gasteiger partial charge in [-0.15, -0.1) is 0 Å². The molecule has 5 heterocycles. The van der Waals surface area contributed by atoms with E-state index in [1.54, 1.807) is 19.2 Å². The second-order valence-corrected chi connectivity index (χ2v) is 8.52. The number of nitrogens with one attached hydrogen (secondary N) is 1. The molecule has 0 bridgehead atoms. The van der Waals surface area contributed by atoms with E-state index in [-0.39, 0.29) is 5.82 Å². The van der Waals surface area contributed by atoms with Crippen LogP contribution in [0.3, 0.4) is 0 Å². The van der Waals surface area contributed by atoms with E-state index in [1.165, 1.54) is 6.07 Å². The summed E-state index contributed by atoms with van der Waals surface area (Å²) >= 11 is 0. The quantitative estimate of drug-likeness (QED) is 0.525. The number of hydrogen-bond donors (Lipinski definition) is 1. The number of nitrogens with zero attached hydrogens (tertiary/aromatic N) is 6. The maximum atomic E-state index is 13.7. The van der Waals surface area contributed by atoms with Gasteiger partial charge in [-0.25, -0.2) is 14.4 Å². The van der Waals surface area contributed by atoms with Gasteiger partial charge in [0.2, 0.25) is 0 Å². The van der Waals surface area contributed by atoms with Crippen LogP contribution < -0.4 is 4.90 Å². The van der Waals surface area contributed by atoms with Crippen molar-refractivity contribution in [3.05, 3.63) is 54.2 Å². The van der Waals surface area contributed by atoms with E-state index in [2.05, 4.69) is 50.1 Å². The van der Waals surface area contributed by atoms with Gasteiger partial charge in [0.1, 0.15) is 11.5 Å². The Labute approximate surface area is 186 Å². The fourth-order valence-electron chi connectivity index (χ4n) is 4.32. The molecule has 5 rings (SSSR count). The highest BCUT2D eigenvalue weighted by Crippen LogP contribution is 2.30. The Hall–Kier alpha value is -3.39. The normalized spacial score (nSPS) is 15.1. The number of aromatic nitrogens is 5. The molecule has 0 unspecified atom stereocenters. The number of H-pyrrole nitrogens is 1. The zero-order valence-electron chi connectivity index (χ0n) is 18.5. The summed E-state index contributed by atoms with van der Waals surface area (Å²) < 4.78 is 13.7. The van der Waals surface area contributed by atoms with Gasteiger partial charge in [-0.1, -0.05) is 0 Å². The number of rotatable bonds is 4. The van der Waals surface area contributed by atoms with E-state index in [9.17, 15) is 4.39 Å². The lowest BCUT2D eigenvalue weighted by molar-refractivity contribution is 0.249. The minimum absolute atomic E-state index is 0.331. The molecule has 1 aliphatic heterocycles. The molecule has 0 spiro atoms. The molecule has 164 valence electrons. The first-order chi connectivity index (χ1) is 15.5. The summed E-state index contributed by atoms with van der Waals surface area (Å²) in [6.45, 7) is 3.67. The largest absolute Gasteiger partial charge is 0.370 e. The lowest BCUT2D eigenvalue weighted by atomic mass is 10.0. The maximum Gasteiger partial charge on any atom is 0.144 e. The predicted octanol–water partition coefficient (Wildman–Crippen LogP) is 4.06. The van der Waals surface area contributed by atoms with Gasteiger partial charge in [0.25, 0.3) is 0 Å². The predicted molar refractivity (Wildman–Crippen MR) is 124 cm³/mol. The molecule has 1 saturated heterocycles. The van der Waals surface area contributed by atoms with Crippen molar-refractivity contribution in [2.75, 3.05) is 32.1 Å². The SMILES string of the molecule is Cc1nc(-c2n[nH]cc2-c2ccc3ncc(N4CCC(N(C)C)CC4)cc3n2)ccc1F. The maximum absolute atomic E-state index is 13.7. The van der Waals surface area contributed by atoms with Crippen molar-refractivity contribution in [1.29, 1.82) is 0 Å². The average Bonchev–Trinajstić information content (AvgIpc) is 3.30. The van der Waals surface area contributed by atoms with Crippen LogP contribution >= 0.6 is 0 Å². The summed E-state index contributed by atoms with van der Waals surface area (Å²) in [5, 5.41) is 7.25. The van der Waals surface area contributed by atoms with Gasteiger partial charge in [-0.2, -0.15) is 5.10 Å². The minimum atomic E-state index is -0.331. The molecule has 1 N–H and O–H groups in total. The topological polar surface area (TPSA) is 73.8 Å². The lowest BCUT2D eigenvalue weighted by Gasteiger charge is -2.36. The first-order valence-electron chi connectivity index (χ1n) is 10.9. The number of piperidine rings is 1. The van der Waals surface area contributed by atoms with Crippen LogP contribution in [0.2, 0.25) is 0 Å². The smallest absolute Gasteiger partial charge is 0.144 e. The van der Waals surface area contributed by atoms with Gasteiger partial charge in [0.05, 0.1) is 40.0 Å².